The van der Waals surface area contributed by atoms with E-state index in [-0.39, 0.29) is 0 Å². The number of thioether (sulfide) groups is 1. The van der Waals surface area contributed by atoms with E-state index in [1.807, 2.05) is 16.7 Å². The molecule has 1 heterocycles. The van der Waals surface area contributed by atoms with E-state index < -0.39 is 17.8 Å². The van der Waals surface area contributed by atoms with Crippen LogP contribution in [0, 0.1) is 0 Å². The number of halogens is 3. The number of aliphatic imine (C=N–C) groups is 1. The van der Waals surface area contributed by atoms with Crippen LogP contribution in [0.4, 0.5) is 13.2 Å². The number of nitrogens with zero attached hydrogens (tertiary/aromatic N) is 2. The first-order valence-electron chi connectivity index (χ1n) is 8.69. The molecule has 0 aliphatic carbocycles. The highest BCUT2D eigenvalue weighted by Gasteiger charge is 2.32. The van der Waals surface area contributed by atoms with Gasteiger partial charge >= 0.3 is 6.18 Å². The highest BCUT2D eigenvalue weighted by molar-refractivity contribution is 7.98. The van der Waals surface area contributed by atoms with Crippen LogP contribution < -0.4 is 5.32 Å². The van der Waals surface area contributed by atoms with Gasteiger partial charge in [-0.25, -0.2) is 0 Å². The van der Waals surface area contributed by atoms with Crippen LogP contribution in [-0.4, -0.2) is 56.2 Å². The van der Waals surface area contributed by atoms with Crippen molar-refractivity contribution < 1.29 is 17.9 Å². The van der Waals surface area contributed by atoms with Gasteiger partial charge in [-0.2, -0.15) is 24.9 Å². The van der Waals surface area contributed by atoms with Gasteiger partial charge in [0.1, 0.15) is 6.10 Å². The molecule has 0 radical (unpaired) electrons. The minimum absolute atomic E-state index is 0.402. The van der Waals surface area contributed by atoms with E-state index in [0.29, 0.717) is 25.3 Å². The third kappa shape index (κ3) is 6.09. The molecule has 146 valence electrons. The van der Waals surface area contributed by atoms with Crippen molar-refractivity contribution in [2.24, 2.45) is 4.99 Å². The van der Waals surface area contributed by atoms with E-state index in [2.05, 4.69) is 16.6 Å². The Morgan fingerprint density at radius 2 is 2.19 bits per heavy atom. The number of rotatable bonds is 6. The molecule has 1 aromatic rings. The quantitative estimate of drug-likeness (QED) is 0.456. The summed E-state index contributed by atoms with van der Waals surface area (Å²) in [7, 11) is 1.72. The van der Waals surface area contributed by atoms with Gasteiger partial charge in [0.15, 0.2) is 5.96 Å². The molecule has 1 aliphatic heterocycles. The Kier molecular flexibility index (Phi) is 8.09. The number of morpholine rings is 1. The summed E-state index contributed by atoms with van der Waals surface area (Å²) in [5.74, 6) is 1.91. The molecular formula is C18H26F3N3OS. The maximum atomic E-state index is 12.9. The van der Waals surface area contributed by atoms with E-state index in [9.17, 15) is 13.2 Å². The fraction of sp³-hybridized carbons (Fsp3) is 0.611. The third-order valence-corrected chi connectivity index (χ3v) is 4.92. The van der Waals surface area contributed by atoms with Crippen molar-refractivity contribution >= 4 is 17.7 Å². The number of nitrogens with one attached hydrogen (secondary N) is 1. The molecular weight excluding hydrogens is 363 g/mol. The van der Waals surface area contributed by atoms with Gasteiger partial charge in [0, 0.05) is 20.1 Å². The molecule has 1 fully saturated rings. The summed E-state index contributed by atoms with van der Waals surface area (Å²) in [4.78, 5) is 6.35. The molecule has 0 spiro atoms. The van der Waals surface area contributed by atoms with Crippen molar-refractivity contribution in [1.82, 2.24) is 10.2 Å². The monoisotopic (exact) mass is 389 g/mol. The maximum absolute atomic E-state index is 12.9. The lowest BCUT2D eigenvalue weighted by molar-refractivity contribution is -0.137. The smallest absolute Gasteiger partial charge is 0.370 e. The molecule has 1 saturated heterocycles. The summed E-state index contributed by atoms with van der Waals surface area (Å²) < 4.78 is 44.5. The highest BCUT2D eigenvalue weighted by atomic mass is 32.2. The van der Waals surface area contributed by atoms with E-state index in [1.54, 1.807) is 13.1 Å². The fourth-order valence-electron chi connectivity index (χ4n) is 2.86. The number of hydrogen-bond donors (Lipinski definition) is 1. The molecule has 1 unspecified atom stereocenters. The first-order chi connectivity index (χ1) is 12.5. The van der Waals surface area contributed by atoms with Crippen LogP contribution in [0.3, 0.4) is 0 Å². The lowest BCUT2D eigenvalue weighted by Gasteiger charge is -2.35. The molecule has 2 rings (SSSR count). The SMILES string of the molecule is CN=C(NCCCCSC)N1CCOC(c2cccc(C(F)(F)F)c2)C1. The Balaban J connectivity index is 1.97. The van der Waals surface area contributed by atoms with Crippen LogP contribution in [0.1, 0.15) is 30.1 Å². The molecule has 1 aromatic carbocycles. The van der Waals surface area contributed by atoms with Gasteiger partial charge in [-0.1, -0.05) is 12.1 Å². The molecule has 1 N–H and O–H groups in total. The Morgan fingerprint density at radius 3 is 2.88 bits per heavy atom. The second-order valence-corrected chi connectivity index (χ2v) is 7.09. The summed E-state index contributed by atoms with van der Waals surface area (Å²) in [5.41, 5.74) is -0.105. The number of unbranched alkanes of at least 4 members (excludes halogenated alkanes) is 1. The average Bonchev–Trinajstić information content (AvgIpc) is 2.64. The molecule has 0 saturated carbocycles. The molecule has 4 nitrogen and oxygen atoms in total. The summed E-state index contributed by atoms with van der Waals surface area (Å²) >= 11 is 1.83. The van der Waals surface area contributed by atoms with E-state index in [4.69, 9.17) is 4.74 Å². The van der Waals surface area contributed by atoms with Crippen molar-refractivity contribution in [2.45, 2.75) is 25.1 Å². The van der Waals surface area contributed by atoms with Crippen molar-refractivity contribution in [1.29, 1.82) is 0 Å². The number of benzene rings is 1. The number of guanidine groups is 1. The number of ether oxygens (including phenoxy) is 1. The second kappa shape index (κ2) is 10.1. The minimum atomic E-state index is -4.35. The topological polar surface area (TPSA) is 36.9 Å². The van der Waals surface area contributed by atoms with E-state index in [1.165, 1.54) is 12.1 Å². The normalized spacial score (nSPS) is 18.9. The highest BCUT2D eigenvalue weighted by Crippen LogP contribution is 2.32. The van der Waals surface area contributed by atoms with Crippen LogP contribution in [0.15, 0.2) is 29.3 Å². The first kappa shape index (κ1) is 20.9. The van der Waals surface area contributed by atoms with Crippen molar-refractivity contribution in [3.63, 3.8) is 0 Å². The van der Waals surface area contributed by atoms with E-state index in [0.717, 1.165) is 37.2 Å². The second-order valence-electron chi connectivity index (χ2n) is 6.10. The maximum Gasteiger partial charge on any atom is 0.416 e. The number of alkyl halides is 3. The number of hydrogen-bond acceptors (Lipinski definition) is 3. The Labute approximate surface area is 157 Å². The summed E-state index contributed by atoms with van der Waals surface area (Å²) in [5, 5.41) is 3.34. The predicted molar refractivity (Wildman–Crippen MR) is 101 cm³/mol. The molecule has 8 heteroatoms. The average molecular weight is 389 g/mol. The fourth-order valence-corrected chi connectivity index (χ4v) is 3.36. The lowest BCUT2D eigenvalue weighted by Crippen LogP contribution is -2.48. The van der Waals surface area contributed by atoms with E-state index >= 15 is 0 Å². The Bertz CT molecular complexity index is 595. The third-order valence-electron chi connectivity index (χ3n) is 4.22. The van der Waals surface area contributed by atoms with Crippen LogP contribution in [0.5, 0.6) is 0 Å². The Morgan fingerprint density at radius 1 is 1.38 bits per heavy atom. The van der Waals surface area contributed by atoms with Gasteiger partial charge in [-0.05, 0) is 42.5 Å². The van der Waals surface area contributed by atoms with Crippen LogP contribution in [0.2, 0.25) is 0 Å². The zero-order chi connectivity index (χ0) is 19.0. The zero-order valence-electron chi connectivity index (χ0n) is 15.2. The lowest BCUT2D eigenvalue weighted by atomic mass is 10.0. The summed E-state index contributed by atoms with van der Waals surface area (Å²) in [6.07, 6.45) is -0.462. The molecule has 26 heavy (non-hydrogen) atoms. The van der Waals surface area contributed by atoms with Gasteiger partial charge in [0.2, 0.25) is 0 Å². The van der Waals surface area contributed by atoms with Gasteiger partial charge < -0.3 is 15.0 Å². The van der Waals surface area contributed by atoms with Crippen molar-refractivity contribution in [3.05, 3.63) is 35.4 Å². The van der Waals surface area contributed by atoms with Gasteiger partial charge in [-0.15, -0.1) is 0 Å². The van der Waals surface area contributed by atoms with Crippen LogP contribution in [0.25, 0.3) is 0 Å². The first-order valence-corrected chi connectivity index (χ1v) is 10.1. The summed E-state index contributed by atoms with van der Waals surface area (Å²) in [6, 6.07) is 5.37. The van der Waals surface area contributed by atoms with Gasteiger partial charge in [0.25, 0.3) is 0 Å². The minimum Gasteiger partial charge on any atom is -0.370 e. The van der Waals surface area contributed by atoms with Gasteiger partial charge in [0.05, 0.1) is 18.7 Å². The van der Waals surface area contributed by atoms with Gasteiger partial charge in [-0.3, -0.25) is 4.99 Å². The predicted octanol–water partition coefficient (Wildman–Crippen LogP) is 3.80. The molecule has 1 atom stereocenters. The molecule has 0 aromatic heterocycles. The summed E-state index contributed by atoms with van der Waals surface area (Å²) in [6.45, 7) is 2.43. The molecule has 0 amide bonds. The standard InChI is InChI=1S/C18H26F3N3OS/c1-22-17(23-8-3-4-11-26-2)24-9-10-25-16(13-24)14-6-5-7-15(12-14)18(19,20)21/h5-7,12,16H,3-4,8-11,13H2,1-2H3,(H,22,23). The molecule has 1 aliphatic rings. The van der Waals surface area contributed by atoms with Crippen molar-refractivity contribution in [2.75, 3.05) is 45.3 Å². The zero-order valence-corrected chi connectivity index (χ0v) is 16.0. The Hall–Kier alpha value is -1.41. The molecule has 0 bridgehead atoms. The largest absolute Gasteiger partial charge is 0.416 e. The van der Waals surface area contributed by atoms with Crippen LogP contribution in [-0.2, 0) is 10.9 Å². The van der Waals surface area contributed by atoms with Crippen LogP contribution >= 0.6 is 11.8 Å². The van der Waals surface area contributed by atoms with Crippen molar-refractivity contribution in [3.8, 4) is 0 Å².